The van der Waals surface area contributed by atoms with Crippen LogP contribution >= 0.6 is 11.6 Å². The normalized spacial score (nSPS) is 13.8. The SMILES string of the molecule is COc1ccccc1Nc1ncccc1C(=O)N1CCN(c2ccc(Cl)cn2)CC1. The maximum atomic E-state index is 13.2. The van der Waals surface area contributed by atoms with E-state index in [2.05, 4.69) is 20.2 Å². The van der Waals surface area contributed by atoms with Crippen molar-refractivity contribution in [3.63, 3.8) is 0 Å². The molecule has 8 heteroatoms. The highest BCUT2D eigenvalue weighted by molar-refractivity contribution is 6.30. The molecule has 3 heterocycles. The number of carbonyl (C=O) groups is 1. The third-order valence-electron chi connectivity index (χ3n) is 5.00. The van der Waals surface area contributed by atoms with Gasteiger partial charge in [-0.15, -0.1) is 0 Å². The van der Waals surface area contributed by atoms with Crippen molar-refractivity contribution in [1.82, 2.24) is 14.9 Å². The molecular formula is C22H22ClN5O2. The Morgan fingerprint density at radius 3 is 2.57 bits per heavy atom. The summed E-state index contributed by atoms with van der Waals surface area (Å²) in [6.07, 6.45) is 3.30. The fourth-order valence-corrected chi connectivity index (χ4v) is 3.53. The van der Waals surface area contributed by atoms with Crippen LogP contribution in [0.25, 0.3) is 0 Å². The third-order valence-corrected chi connectivity index (χ3v) is 5.22. The minimum absolute atomic E-state index is 0.0517. The van der Waals surface area contributed by atoms with Crippen LogP contribution in [0.1, 0.15) is 10.4 Å². The molecule has 3 aromatic rings. The molecule has 1 N–H and O–H groups in total. The van der Waals surface area contributed by atoms with Crippen LogP contribution in [0.15, 0.2) is 60.9 Å². The van der Waals surface area contributed by atoms with Gasteiger partial charge in [-0.2, -0.15) is 0 Å². The highest BCUT2D eigenvalue weighted by Crippen LogP contribution is 2.28. The van der Waals surface area contributed by atoms with Crippen molar-refractivity contribution >= 4 is 34.8 Å². The number of halogens is 1. The Kier molecular flexibility index (Phi) is 5.99. The van der Waals surface area contributed by atoms with Gasteiger partial charge in [0.2, 0.25) is 0 Å². The number of piperazine rings is 1. The van der Waals surface area contributed by atoms with Gasteiger partial charge in [0.25, 0.3) is 5.91 Å². The zero-order valence-corrected chi connectivity index (χ0v) is 17.3. The molecule has 0 radical (unpaired) electrons. The summed E-state index contributed by atoms with van der Waals surface area (Å²) in [6.45, 7) is 2.62. The molecule has 0 spiro atoms. The molecule has 30 heavy (non-hydrogen) atoms. The predicted molar refractivity (Wildman–Crippen MR) is 118 cm³/mol. The maximum absolute atomic E-state index is 13.2. The van der Waals surface area contributed by atoms with Gasteiger partial charge in [-0.25, -0.2) is 9.97 Å². The standard InChI is InChI=1S/C22H22ClN5O2/c1-30-19-7-3-2-6-18(19)26-21-17(5-4-10-24-21)22(29)28-13-11-27(12-14-28)20-9-8-16(23)15-25-20/h2-10,15H,11-14H2,1H3,(H,24,26). The zero-order valence-electron chi connectivity index (χ0n) is 16.6. The largest absolute Gasteiger partial charge is 0.495 e. The summed E-state index contributed by atoms with van der Waals surface area (Å²) in [7, 11) is 1.61. The van der Waals surface area contributed by atoms with Crippen LogP contribution in [0.5, 0.6) is 5.75 Å². The van der Waals surface area contributed by atoms with Crippen molar-refractivity contribution < 1.29 is 9.53 Å². The van der Waals surface area contributed by atoms with Crippen LogP contribution in [0.4, 0.5) is 17.3 Å². The van der Waals surface area contributed by atoms with E-state index in [9.17, 15) is 4.79 Å². The number of methoxy groups -OCH3 is 1. The number of hydrogen-bond donors (Lipinski definition) is 1. The zero-order chi connectivity index (χ0) is 20.9. The number of nitrogens with one attached hydrogen (secondary N) is 1. The highest BCUT2D eigenvalue weighted by atomic mass is 35.5. The van der Waals surface area contributed by atoms with E-state index < -0.39 is 0 Å². The fraction of sp³-hybridized carbons (Fsp3) is 0.227. The van der Waals surface area contributed by atoms with Crippen LogP contribution in [-0.2, 0) is 0 Å². The van der Waals surface area contributed by atoms with Gasteiger partial charge in [0.05, 0.1) is 23.4 Å². The minimum atomic E-state index is -0.0517. The van der Waals surface area contributed by atoms with Crippen molar-refractivity contribution in [3.8, 4) is 5.75 Å². The number of hydrogen-bond acceptors (Lipinski definition) is 6. The fourth-order valence-electron chi connectivity index (χ4n) is 3.42. The number of benzene rings is 1. The van der Waals surface area contributed by atoms with Gasteiger partial charge >= 0.3 is 0 Å². The molecule has 4 rings (SSSR count). The first kappa shape index (κ1) is 20.0. The summed E-state index contributed by atoms with van der Waals surface area (Å²) in [5, 5.41) is 3.85. The van der Waals surface area contributed by atoms with Gasteiger partial charge in [-0.1, -0.05) is 23.7 Å². The molecule has 0 atom stereocenters. The number of rotatable bonds is 5. The van der Waals surface area contributed by atoms with Gasteiger partial charge in [-0.3, -0.25) is 4.79 Å². The second-order valence-electron chi connectivity index (χ2n) is 6.84. The Morgan fingerprint density at radius 2 is 1.83 bits per heavy atom. The van der Waals surface area contributed by atoms with Crippen LogP contribution in [-0.4, -0.2) is 54.1 Å². The maximum Gasteiger partial charge on any atom is 0.257 e. The topological polar surface area (TPSA) is 70.6 Å². The average molecular weight is 424 g/mol. The van der Waals surface area contributed by atoms with Crippen molar-refractivity contribution in [2.75, 3.05) is 43.5 Å². The van der Waals surface area contributed by atoms with Crippen LogP contribution in [0.3, 0.4) is 0 Å². The van der Waals surface area contributed by atoms with E-state index in [0.29, 0.717) is 48.3 Å². The van der Waals surface area contributed by atoms with E-state index in [1.165, 1.54) is 0 Å². The van der Waals surface area contributed by atoms with Gasteiger partial charge in [0.1, 0.15) is 17.4 Å². The second-order valence-corrected chi connectivity index (χ2v) is 7.28. The van der Waals surface area contributed by atoms with Crippen LogP contribution in [0.2, 0.25) is 5.02 Å². The molecule has 1 amide bonds. The summed E-state index contributed by atoms with van der Waals surface area (Å²) >= 11 is 5.92. The smallest absolute Gasteiger partial charge is 0.257 e. The Balaban J connectivity index is 1.47. The molecule has 0 bridgehead atoms. The van der Waals surface area contributed by atoms with Crippen LogP contribution < -0.4 is 15.0 Å². The van der Waals surface area contributed by atoms with Crippen molar-refractivity contribution in [2.24, 2.45) is 0 Å². The lowest BCUT2D eigenvalue weighted by atomic mass is 10.2. The van der Waals surface area contributed by atoms with E-state index in [4.69, 9.17) is 16.3 Å². The Bertz CT molecular complexity index is 1020. The van der Waals surface area contributed by atoms with E-state index in [1.54, 1.807) is 31.6 Å². The lowest BCUT2D eigenvalue weighted by Gasteiger charge is -2.35. The van der Waals surface area contributed by atoms with Crippen molar-refractivity contribution in [3.05, 3.63) is 71.5 Å². The molecule has 1 saturated heterocycles. The molecule has 2 aromatic heterocycles. The van der Waals surface area contributed by atoms with Crippen molar-refractivity contribution in [1.29, 1.82) is 0 Å². The monoisotopic (exact) mass is 423 g/mol. The van der Waals surface area contributed by atoms with Gasteiger partial charge in [0, 0.05) is 38.6 Å². The van der Waals surface area contributed by atoms with Gasteiger partial charge in [-0.05, 0) is 36.4 Å². The number of para-hydroxylation sites is 2. The lowest BCUT2D eigenvalue weighted by molar-refractivity contribution is 0.0747. The average Bonchev–Trinajstić information content (AvgIpc) is 2.80. The van der Waals surface area contributed by atoms with E-state index in [0.717, 1.165) is 11.5 Å². The van der Waals surface area contributed by atoms with E-state index >= 15 is 0 Å². The first-order chi connectivity index (χ1) is 14.7. The number of anilines is 3. The van der Waals surface area contributed by atoms with Gasteiger partial charge in [0.15, 0.2) is 0 Å². The molecule has 7 nitrogen and oxygen atoms in total. The quantitative estimate of drug-likeness (QED) is 0.672. The number of ether oxygens (including phenoxy) is 1. The third kappa shape index (κ3) is 4.31. The van der Waals surface area contributed by atoms with Crippen molar-refractivity contribution in [2.45, 2.75) is 0 Å². The molecule has 1 aromatic carbocycles. The Labute approximate surface area is 180 Å². The van der Waals surface area contributed by atoms with Gasteiger partial charge < -0.3 is 19.9 Å². The molecule has 154 valence electrons. The van der Waals surface area contributed by atoms with E-state index in [-0.39, 0.29) is 5.91 Å². The summed E-state index contributed by atoms with van der Waals surface area (Å²) in [6, 6.07) is 14.8. The number of aromatic nitrogens is 2. The minimum Gasteiger partial charge on any atom is -0.495 e. The summed E-state index contributed by atoms with van der Waals surface area (Å²) in [4.78, 5) is 26.0. The first-order valence-corrected chi connectivity index (χ1v) is 10.0. The number of carbonyl (C=O) groups excluding carboxylic acids is 1. The number of amides is 1. The summed E-state index contributed by atoms with van der Waals surface area (Å²) in [5.41, 5.74) is 1.29. The first-order valence-electron chi connectivity index (χ1n) is 9.66. The molecule has 1 aliphatic rings. The summed E-state index contributed by atoms with van der Waals surface area (Å²) < 4.78 is 5.39. The highest BCUT2D eigenvalue weighted by Gasteiger charge is 2.25. The van der Waals surface area contributed by atoms with E-state index in [1.807, 2.05) is 41.3 Å². The molecule has 0 unspecified atom stereocenters. The molecule has 0 aliphatic carbocycles. The second kappa shape index (κ2) is 9.00. The molecule has 1 aliphatic heterocycles. The lowest BCUT2D eigenvalue weighted by Crippen LogP contribution is -2.49. The summed E-state index contributed by atoms with van der Waals surface area (Å²) in [5.74, 6) is 2.01. The molecule has 0 saturated carbocycles. The number of pyridine rings is 2. The molecular weight excluding hydrogens is 402 g/mol. The number of nitrogens with zero attached hydrogens (tertiary/aromatic N) is 4. The van der Waals surface area contributed by atoms with Crippen LogP contribution in [0, 0.1) is 0 Å². The molecule has 1 fully saturated rings. The predicted octanol–water partition coefficient (Wildman–Crippen LogP) is 3.84. The Hall–Kier alpha value is -3.32. The Morgan fingerprint density at radius 1 is 1.03 bits per heavy atom.